The van der Waals surface area contributed by atoms with Crippen molar-refractivity contribution in [2.75, 3.05) is 13.1 Å². The maximum atomic E-state index is 12.5. The fraction of sp³-hybridized carbons (Fsp3) is 0.500. The van der Waals surface area contributed by atoms with Gasteiger partial charge in [0.25, 0.3) is 5.91 Å². The van der Waals surface area contributed by atoms with Gasteiger partial charge in [-0.25, -0.2) is 4.79 Å². The minimum absolute atomic E-state index is 0.135. The minimum Gasteiger partial charge on any atom is -0.312 e. The van der Waals surface area contributed by atoms with Gasteiger partial charge in [-0.15, -0.1) is 0 Å². The molecule has 5 heteroatoms. The Labute approximate surface area is 135 Å². The average molecular weight is 312 g/mol. The van der Waals surface area contributed by atoms with E-state index in [9.17, 15) is 14.4 Å². The number of aryl methyl sites for hydroxylation is 2. The van der Waals surface area contributed by atoms with Gasteiger partial charge in [-0.3, -0.25) is 14.5 Å². The van der Waals surface area contributed by atoms with Crippen molar-refractivity contribution in [3.63, 3.8) is 0 Å². The van der Waals surface area contributed by atoms with Crippen molar-refractivity contribution in [3.8, 4) is 0 Å². The highest BCUT2D eigenvalue weighted by molar-refractivity contribution is 6.09. The molecule has 3 aliphatic rings. The molecular weight excluding hydrogens is 292 g/mol. The molecule has 0 unspecified atom stereocenters. The molecule has 2 aliphatic heterocycles. The molecule has 1 atom stereocenters. The molecule has 1 aromatic carbocycles. The molecule has 0 aromatic heterocycles. The summed E-state index contributed by atoms with van der Waals surface area (Å²) in [6.07, 6.45) is 6.03. The van der Waals surface area contributed by atoms with Crippen molar-refractivity contribution < 1.29 is 14.4 Å². The van der Waals surface area contributed by atoms with Crippen LogP contribution in [0.3, 0.4) is 0 Å². The minimum atomic E-state index is -0.334. The molecule has 3 amide bonds. The number of rotatable bonds is 3. The molecule has 23 heavy (non-hydrogen) atoms. The van der Waals surface area contributed by atoms with Gasteiger partial charge >= 0.3 is 6.03 Å². The Morgan fingerprint density at radius 2 is 1.87 bits per heavy atom. The fourth-order valence-corrected chi connectivity index (χ4v) is 3.97. The molecule has 0 saturated carbocycles. The van der Waals surface area contributed by atoms with E-state index in [1.807, 2.05) is 18.2 Å². The molecule has 120 valence electrons. The van der Waals surface area contributed by atoms with Crippen molar-refractivity contribution in [1.29, 1.82) is 0 Å². The first-order valence-corrected chi connectivity index (χ1v) is 8.42. The molecule has 2 saturated heterocycles. The number of hydrogen-bond donors (Lipinski definition) is 0. The number of urea groups is 1. The molecule has 0 N–H and O–H groups in total. The van der Waals surface area contributed by atoms with Gasteiger partial charge in [-0.2, -0.15) is 0 Å². The van der Waals surface area contributed by atoms with E-state index in [0.29, 0.717) is 18.5 Å². The lowest BCUT2D eigenvalue weighted by atomic mass is 9.90. The Bertz CT molecular complexity index is 676. The zero-order valence-electron chi connectivity index (χ0n) is 13.1. The highest BCUT2D eigenvalue weighted by Gasteiger charge is 2.47. The molecule has 1 aliphatic carbocycles. The van der Waals surface area contributed by atoms with Crippen molar-refractivity contribution in [3.05, 3.63) is 34.9 Å². The first-order chi connectivity index (χ1) is 11.1. The van der Waals surface area contributed by atoms with Crippen molar-refractivity contribution in [2.24, 2.45) is 0 Å². The lowest BCUT2D eigenvalue weighted by Gasteiger charge is -2.18. The van der Waals surface area contributed by atoms with Crippen molar-refractivity contribution in [1.82, 2.24) is 9.80 Å². The number of fused-ring (bicyclic) bond motifs is 2. The molecule has 0 bridgehead atoms. The van der Waals surface area contributed by atoms with E-state index in [1.54, 1.807) is 4.90 Å². The third-order valence-electron chi connectivity index (χ3n) is 5.25. The normalized spacial score (nSPS) is 23.2. The van der Waals surface area contributed by atoms with Crippen LogP contribution in [0.1, 0.15) is 47.2 Å². The average Bonchev–Trinajstić information content (AvgIpc) is 3.14. The number of nitrogens with zero attached hydrogens (tertiary/aromatic N) is 2. The van der Waals surface area contributed by atoms with Crippen LogP contribution in [0, 0.1) is 0 Å². The van der Waals surface area contributed by atoms with E-state index < -0.39 is 0 Å². The van der Waals surface area contributed by atoms with Gasteiger partial charge in [0.05, 0.1) is 6.54 Å². The second-order valence-electron chi connectivity index (χ2n) is 6.67. The van der Waals surface area contributed by atoms with Crippen LogP contribution in [0.15, 0.2) is 18.2 Å². The number of hydrogen-bond acceptors (Lipinski definition) is 3. The van der Waals surface area contributed by atoms with Gasteiger partial charge in [0.15, 0.2) is 5.78 Å². The van der Waals surface area contributed by atoms with Gasteiger partial charge < -0.3 is 4.90 Å². The summed E-state index contributed by atoms with van der Waals surface area (Å²) >= 11 is 0. The van der Waals surface area contributed by atoms with E-state index in [0.717, 1.165) is 30.6 Å². The van der Waals surface area contributed by atoms with Crippen molar-refractivity contribution >= 4 is 17.7 Å². The van der Waals surface area contributed by atoms with Crippen LogP contribution in [0.25, 0.3) is 0 Å². The number of carbonyl (C=O) groups excluding carboxylic acids is 3. The summed E-state index contributed by atoms with van der Waals surface area (Å²) < 4.78 is 0. The van der Waals surface area contributed by atoms with E-state index >= 15 is 0 Å². The Kier molecular flexibility index (Phi) is 3.43. The quantitative estimate of drug-likeness (QED) is 0.635. The Morgan fingerprint density at radius 1 is 1.09 bits per heavy atom. The van der Waals surface area contributed by atoms with E-state index in [2.05, 4.69) is 0 Å². The monoisotopic (exact) mass is 312 g/mol. The molecule has 5 nitrogen and oxygen atoms in total. The first kappa shape index (κ1) is 14.4. The maximum absolute atomic E-state index is 12.5. The highest BCUT2D eigenvalue weighted by atomic mass is 16.2. The van der Waals surface area contributed by atoms with Crippen LogP contribution in [-0.2, 0) is 17.6 Å². The number of amides is 3. The Balaban J connectivity index is 1.52. The summed E-state index contributed by atoms with van der Waals surface area (Å²) in [5, 5.41) is 0. The van der Waals surface area contributed by atoms with Crippen molar-refractivity contribution in [2.45, 2.75) is 44.6 Å². The van der Waals surface area contributed by atoms with Gasteiger partial charge in [-0.05, 0) is 55.7 Å². The van der Waals surface area contributed by atoms with Crippen LogP contribution >= 0.6 is 0 Å². The fourth-order valence-electron chi connectivity index (χ4n) is 3.97. The van der Waals surface area contributed by atoms with E-state index in [4.69, 9.17) is 0 Å². The molecule has 4 rings (SSSR count). The van der Waals surface area contributed by atoms with Gasteiger partial charge in [-0.1, -0.05) is 12.1 Å². The zero-order valence-corrected chi connectivity index (χ0v) is 13.1. The number of benzene rings is 1. The summed E-state index contributed by atoms with van der Waals surface area (Å²) in [6, 6.07) is 5.16. The zero-order chi connectivity index (χ0) is 16.0. The first-order valence-electron chi connectivity index (χ1n) is 8.42. The second-order valence-corrected chi connectivity index (χ2v) is 6.67. The smallest absolute Gasteiger partial charge is 0.312 e. The Morgan fingerprint density at radius 3 is 2.65 bits per heavy atom. The summed E-state index contributed by atoms with van der Waals surface area (Å²) in [6.45, 7) is 0.488. The summed E-state index contributed by atoms with van der Waals surface area (Å²) in [4.78, 5) is 39.8. The number of carbonyl (C=O) groups is 3. The maximum Gasteiger partial charge on any atom is 0.327 e. The highest BCUT2D eigenvalue weighted by Crippen LogP contribution is 2.28. The third kappa shape index (κ3) is 2.35. The summed E-state index contributed by atoms with van der Waals surface area (Å²) in [7, 11) is 0. The molecule has 2 fully saturated rings. The van der Waals surface area contributed by atoms with Crippen LogP contribution in [0.2, 0.25) is 0 Å². The molecule has 2 heterocycles. The lowest BCUT2D eigenvalue weighted by Crippen LogP contribution is -2.37. The number of Topliss-reactive ketones (excluding diaryl/α,β-unsaturated/α-hetero) is 1. The second kappa shape index (κ2) is 5.48. The van der Waals surface area contributed by atoms with Crippen LogP contribution in [0.5, 0.6) is 0 Å². The lowest BCUT2D eigenvalue weighted by molar-refractivity contribution is -0.127. The Hall–Kier alpha value is -2.17. The molecule has 0 radical (unpaired) electrons. The topological polar surface area (TPSA) is 57.7 Å². The van der Waals surface area contributed by atoms with Gasteiger partial charge in [0, 0.05) is 12.1 Å². The van der Waals surface area contributed by atoms with Gasteiger partial charge in [0.2, 0.25) is 0 Å². The van der Waals surface area contributed by atoms with Crippen LogP contribution < -0.4 is 0 Å². The van der Waals surface area contributed by atoms with E-state index in [1.165, 1.54) is 17.5 Å². The largest absolute Gasteiger partial charge is 0.327 e. The standard InChI is InChI=1S/C18H20N2O3/c21-16(14-8-7-12-4-1-2-5-13(12)10-14)11-20-17(22)15-6-3-9-19(15)18(20)23/h7-8,10,15H,1-6,9,11H2/t15-/m1/s1. The number of ketones is 1. The molecular formula is C18H20N2O3. The third-order valence-corrected chi connectivity index (χ3v) is 5.25. The van der Waals surface area contributed by atoms with Gasteiger partial charge in [0.1, 0.15) is 6.04 Å². The molecule has 0 spiro atoms. The summed E-state index contributed by atoms with van der Waals surface area (Å²) in [5.74, 6) is -0.361. The molecule has 1 aromatic rings. The van der Waals surface area contributed by atoms with Crippen LogP contribution in [-0.4, -0.2) is 46.7 Å². The van der Waals surface area contributed by atoms with Crippen LogP contribution in [0.4, 0.5) is 4.79 Å². The predicted octanol–water partition coefficient (Wildman–Crippen LogP) is 2.17. The predicted molar refractivity (Wildman–Crippen MR) is 84.3 cm³/mol. The number of imide groups is 1. The van der Waals surface area contributed by atoms with E-state index in [-0.39, 0.29) is 30.3 Å². The SMILES string of the molecule is O=C(CN1C(=O)[C@H]2CCCN2C1=O)c1ccc2c(c1)CCCC2. The summed E-state index contributed by atoms with van der Waals surface area (Å²) in [5.41, 5.74) is 3.17.